The van der Waals surface area contributed by atoms with Crippen molar-refractivity contribution in [1.82, 2.24) is 9.97 Å². The van der Waals surface area contributed by atoms with Crippen molar-refractivity contribution in [2.75, 3.05) is 5.32 Å². The maximum Gasteiger partial charge on any atom is 0.327 e. The Hall–Kier alpha value is -2.05. The largest absolute Gasteiger partial charge is 0.351 e. The van der Waals surface area contributed by atoms with Gasteiger partial charge in [-0.3, -0.25) is 20.1 Å². The van der Waals surface area contributed by atoms with Gasteiger partial charge in [0.25, 0.3) is 5.56 Å². The summed E-state index contributed by atoms with van der Waals surface area (Å²) in [6.45, 7) is 0. The Balaban J connectivity index is 3.09. The van der Waals surface area contributed by atoms with E-state index in [0.717, 1.165) is 6.07 Å². The molecule has 2 amide bonds. The third-order valence-electron chi connectivity index (χ3n) is 1.02. The molecule has 0 fully saturated rings. The summed E-state index contributed by atoms with van der Waals surface area (Å²) in [5.74, 6) is -0.0312. The molecule has 0 aliphatic carbocycles. The highest BCUT2D eigenvalue weighted by Gasteiger charge is 1.97. The molecule has 1 aromatic rings. The van der Waals surface area contributed by atoms with E-state index in [9.17, 15) is 14.4 Å². The van der Waals surface area contributed by atoms with Gasteiger partial charge in [0.05, 0.1) is 0 Å². The van der Waals surface area contributed by atoms with Crippen molar-refractivity contribution in [2.24, 2.45) is 5.73 Å². The van der Waals surface area contributed by atoms with Crippen molar-refractivity contribution in [3.63, 3.8) is 0 Å². The van der Waals surface area contributed by atoms with Crippen LogP contribution in [0.2, 0.25) is 0 Å². The zero-order valence-corrected chi connectivity index (χ0v) is 5.88. The molecular formula is C5H6N4O3. The topological polar surface area (TPSA) is 121 Å². The van der Waals surface area contributed by atoms with E-state index in [1.807, 2.05) is 10.3 Å². The van der Waals surface area contributed by atoms with Crippen molar-refractivity contribution >= 4 is 11.8 Å². The van der Waals surface area contributed by atoms with Gasteiger partial charge in [-0.25, -0.2) is 9.59 Å². The van der Waals surface area contributed by atoms with E-state index >= 15 is 0 Å². The fraction of sp³-hybridized carbons (Fsp3) is 0. The number of H-pyrrole nitrogens is 2. The summed E-state index contributed by atoms with van der Waals surface area (Å²) in [5.41, 5.74) is 3.43. The van der Waals surface area contributed by atoms with Gasteiger partial charge in [0, 0.05) is 6.07 Å². The lowest BCUT2D eigenvalue weighted by Gasteiger charge is -1.97. The third kappa shape index (κ3) is 1.97. The van der Waals surface area contributed by atoms with Crippen LogP contribution in [0.15, 0.2) is 15.7 Å². The Morgan fingerprint density at radius 2 is 2.08 bits per heavy atom. The van der Waals surface area contributed by atoms with Crippen LogP contribution in [0.3, 0.4) is 0 Å². The van der Waals surface area contributed by atoms with Gasteiger partial charge in [-0.15, -0.1) is 0 Å². The summed E-state index contributed by atoms with van der Waals surface area (Å²) < 4.78 is 0. The molecule has 64 valence electrons. The smallest absolute Gasteiger partial charge is 0.327 e. The summed E-state index contributed by atoms with van der Waals surface area (Å²) in [7, 11) is 0. The first kappa shape index (κ1) is 8.05. The van der Waals surface area contributed by atoms with E-state index in [0.29, 0.717) is 0 Å². The fourth-order valence-electron chi connectivity index (χ4n) is 0.669. The fourth-order valence-corrected chi connectivity index (χ4v) is 0.669. The van der Waals surface area contributed by atoms with Gasteiger partial charge in [-0.05, 0) is 0 Å². The number of carbonyl (C=O) groups is 1. The first-order valence-electron chi connectivity index (χ1n) is 2.98. The zero-order chi connectivity index (χ0) is 9.14. The van der Waals surface area contributed by atoms with Gasteiger partial charge >= 0.3 is 11.7 Å². The average Bonchev–Trinajstić information content (AvgIpc) is 1.81. The summed E-state index contributed by atoms with van der Waals surface area (Å²) in [6, 6.07) is 0.155. The number of amides is 2. The number of anilines is 1. The van der Waals surface area contributed by atoms with Crippen LogP contribution in [0, 0.1) is 0 Å². The van der Waals surface area contributed by atoms with E-state index in [1.165, 1.54) is 0 Å². The number of aromatic amines is 2. The van der Waals surface area contributed by atoms with E-state index < -0.39 is 17.3 Å². The molecule has 5 N–H and O–H groups in total. The number of primary amides is 1. The molecule has 0 aliphatic rings. The van der Waals surface area contributed by atoms with Crippen LogP contribution in [0.4, 0.5) is 10.6 Å². The monoisotopic (exact) mass is 170 g/mol. The molecular weight excluding hydrogens is 164 g/mol. The number of hydrogen-bond donors (Lipinski definition) is 4. The van der Waals surface area contributed by atoms with E-state index in [4.69, 9.17) is 5.73 Å². The second-order valence-corrected chi connectivity index (χ2v) is 1.99. The Morgan fingerprint density at radius 1 is 1.42 bits per heavy atom. The molecule has 0 atom stereocenters. The molecule has 0 aliphatic heterocycles. The third-order valence-corrected chi connectivity index (χ3v) is 1.02. The zero-order valence-electron chi connectivity index (χ0n) is 5.88. The molecule has 7 nitrogen and oxygen atoms in total. The summed E-state index contributed by atoms with van der Waals surface area (Å²) in [4.78, 5) is 35.6. The van der Waals surface area contributed by atoms with Crippen molar-refractivity contribution < 1.29 is 4.79 Å². The van der Waals surface area contributed by atoms with Gasteiger partial charge in [0.1, 0.15) is 5.82 Å². The molecule has 0 spiro atoms. The first-order valence-corrected chi connectivity index (χ1v) is 2.98. The van der Waals surface area contributed by atoms with Gasteiger partial charge in [0.2, 0.25) is 0 Å². The average molecular weight is 170 g/mol. The van der Waals surface area contributed by atoms with Gasteiger partial charge < -0.3 is 5.73 Å². The SMILES string of the molecule is NC(=O)Nc1cc(=O)[nH]c(=O)[nH]1. The standard InChI is InChI=1S/C5H6N4O3/c6-4(11)7-2-1-3(10)9-5(12)8-2/h1H,(H5,6,7,8,9,10,11,12). The minimum Gasteiger partial charge on any atom is -0.351 e. The predicted octanol–water partition coefficient (Wildman–Crippen LogP) is -1.45. The maximum atomic E-state index is 10.6. The van der Waals surface area contributed by atoms with Crippen LogP contribution in [0.25, 0.3) is 0 Å². The number of aromatic nitrogens is 2. The summed E-state index contributed by atoms with van der Waals surface area (Å²) >= 11 is 0. The Labute approximate surface area is 65.6 Å². The Kier molecular flexibility index (Phi) is 1.95. The highest BCUT2D eigenvalue weighted by Crippen LogP contribution is 1.89. The molecule has 0 aromatic carbocycles. The van der Waals surface area contributed by atoms with Gasteiger partial charge in [0.15, 0.2) is 0 Å². The van der Waals surface area contributed by atoms with E-state index in [2.05, 4.69) is 4.98 Å². The molecule has 0 saturated carbocycles. The Morgan fingerprint density at radius 3 is 2.58 bits per heavy atom. The number of nitrogens with one attached hydrogen (secondary N) is 3. The second kappa shape index (κ2) is 2.91. The molecule has 0 unspecified atom stereocenters. The van der Waals surface area contributed by atoms with Gasteiger partial charge in [-0.1, -0.05) is 0 Å². The van der Waals surface area contributed by atoms with Crippen LogP contribution < -0.4 is 22.3 Å². The number of rotatable bonds is 1. The lowest BCUT2D eigenvalue weighted by Crippen LogP contribution is -2.27. The molecule has 1 rings (SSSR count). The molecule has 0 saturated heterocycles. The summed E-state index contributed by atoms with van der Waals surface area (Å²) in [5, 5.41) is 2.05. The Bertz CT molecular complexity index is 375. The lowest BCUT2D eigenvalue weighted by atomic mass is 10.6. The van der Waals surface area contributed by atoms with Crippen molar-refractivity contribution in [1.29, 1.82) is 0 Å². The molecule has 0 bridgehead atoms. The van der Waals surface area contributed by atoms with Crippen molar-refractivity contribution in [3.05, 3.63) is 26.9 Å². The number of urea groups is 1. The number of carbonyl (C=O) groups excluding carboxylic acids is 1. The quantitative estimate of drug-likeness (QED) is 0.412. The predicted molar refractivity (Wildman–Crippen MR) is 40.9 cm³/mol. The molecule has 7 heteroatoms. The van der Waals surface area contributed by atoms with Crippen molar-refractivity contribution in [3.8, 4) is 0 Å². The molecule has 0 radical (unpaired) electrons. The number of nitrogens with two attached hydrogens (primary N) is 1. The lowest BCUT2D eigenvalue weighted by molar-refractivity contribution is 0.259. The molecule has 12 heavy (non-hydrogen) atoms. The van der Waals surface area contributed by atoms with E-state index in [1.54, 1.807) is 0 Å². The van der Waals surface area contributed by atoms with Crippen LogP contribution >= 0.6 is 0 Å². The van der Waals surface area contributed by atoms with Crippen molar-refractivity contribution in [2.45, 2.75) is 0 Å². The number of hydrogen-bond acceptors (Lipinski definition) is 3. The summed E-state index contributed by atoms with van der Waals surface area (Å²) in [6.07, 6.45) is 0. The van der Waals surface area contributed by atoms with Crippen LogP contribution in [0.5, 0.6) is 0 Å². The normalized spacial score (nSPS) is 9.33. The molecule has 1 aromatic heterocycles. The van der Waals surface area contributed by atoms with Crippen LogP contribution in [-0.4, -0.2) is 16.0 Å². The van der Waals surface area contributed by atoms with Crippen LogP contribution in [-0.2, 0) is 0 Å². The molecule has 1 heterocycles. The maximum absolute atomic E-state index is 10.6. The minimum absolute atomic E-state index is 0.0312. The second-order valence-electron chi connectivity index (χ2n) is 1.99. The van der Waals surface area contributed by atoms with E-state index in [-0.39, 0.29) is 5.82 Å². The van der Waals surface area contributed by atoms with Crippen LogP contribution in [0.1, 0.15) is 0 Å². The highest BCUT2D eigenvalue weighted by atomic mass is 16.2. The first-order chi connectivity index (χ1) is 5.58. The minimum atomic E-state index is -0.851. The highest BCUT2D eigenvalue weighted by molar-refractivity contribution is 5.86. The van der Waals surface area contributed by atoms with Gasteiger partial charge in [-0.2, -0.15) is 0 Å².